The first-order chi connectivity index (χ1) is 14.0. The summed E-state index contributed by atoms with van der Waals surface area (Å²) in [6.45, 7) is 1.75. The van der Waals surface area contributed by atoms with E-state index in [4.69, 9.17) is 9.47 Å². The van der Waals surface area contributed by atoms with Crippen molar-refractivity contribution in [1.82, 2.24) is 10.9 Å². The standard InChI is InChI=1S/C21H23N3O5/c1-4-19(25)22-16-9-7-15(8-10-16)21(27)24-23-20(26)12-6-14-5-11-17(28-2)18(13-14)29-3/h5-13H,4H2,1-3H3,(H,22,25)(H,23,26)(H,24,27)/b12-6+. The van der Waals surface area contributed by atoms with Crippen LogP contribution in [0.3, 0.4) is 0 Å². The molecule has 3 N–H and O–H groups in total. The van der Waals surface area contributed by atoms with E-state index in [2.05, 4.69) is 16.2 Å². The van der Waals surface area contributed by atoms with E-state index in [-0.39, 0.29) is 5.91 Å². The number of hydrogen-bond donors (Lipinski definition) is 3. The van der Waals surface area contributed by atoms with Gasteiger partial charge in [0.25, 0.3) is 11.8 Å². The lowest BCUT2D eigenvalue weighted by molar-refractivity contribution is -0.117. The molecule has 0 aliphatic rings. The molecule has 0 aliphatic carbocycles. The van der Waals surface area contributed by atoms with E-state index in [1.165, 1.54) is 20.3 Å². The lowest BCUT2D eigenvalue weighted by Crippen LogP contribution is -2.40. The number of nitrogens with one attached hydrogen (secondary N) is 3. The Morgan fingerprint density at radius 3 is 2.24 bits per heavy atom. The molecule has 0 aliphatic heterocycles. The van der Waals surface area contributed by atoms with Gasteiger partial charge < -0.3 is 14.8 Å². The Morgan fingerprint density at radius 1 is 0.931 bits per heavy atom. The number of ether oxygens (including phenoxy) is 2. The molecule has 0 saturated heterocycles. The van der Waals surface area contributed by atoms with E-state index < -0.39 is 11.8 Å². The predicted molar refractivity (Wildman–Crippen MR) is 110 cm³/mol. The molecule has 3 amide bonds. The number of carbonyl (C=O) groups excluding carboxylic acids is 3. The molecule has 2 aromatic carbocycles. The number of hydrazine groups is 1. The molecule has 0 heterocycles. The minimum absolute atomic E-state index is 0.115. The zero-order valence-corrected chi connectivity index (χ0v) is 16.4. The number of carbonyl (C=O) groups is 3. The van der Waals surface area contributed by atoms with Crippen LogP contribution in [0.2, 0.25) is 0 Å². The van der Waals surface area contributed by atoms with Gasteiger partial charge in [-0.2, -0.15) is 0 Å². The van der Waals surface area contributed by atoms with E-state index in [1.54, 1.807) is 55.5 Å². The largest absolute Gasteiger partial charge is 0.493 e. The topological polar surface area (TPSA) is 106 Å². The van der Waals surface area contributed by atoms with E-state index in [9.17, 15) is 14.4 Å². The van der Waals surface area contributed by atoms with E-state index >= 15 is 0 Å². The first-order valence-electron chi connectivity index (χ1n) is 8.87. The van der Waals surface area contributed by atoms with Crippen LogP contribution in [-0.2, 0) is 9.59 Å². The molecule has 152 valence electrons. The van der Waals surface area contributed by atoms with Gasteiger partial charge in [0.2, 0.25) is 5.91 Å². The third kappa shape index (κ3) is 6.39. The molecule has 0 spiro atoms. The smallest absolute Gasteiger partial charge is 0.269 e. The number of amides is 3. The van der Waals surface area contributed by atoms with E-state index in [1.807, 2.05) is 0 Å². The van der Waals surface area contributed by atoms with Crippen LogP contribution in [0.4, 0.5) is 5.69 Å². The maximum absolute atomic E-state index is 12.1. The Hall–Kier alpha value is -3.81. The predicted octanol–water partition coefficient (Wildman–Crippen LogP) is 2.53. The van der Waals surface area contributed by atoms with Crippen LogP contribution >= 0.6 is 0 Å². The second-order valence-corrected chi connectivity index (χ2v) is 5.87. The van der Waals surface area contributed by atoms with Gasteiger partial charge in [0.05, 0.1) is 14.2 Å². The molecule has 0 aromatic heterocycles. The Morgan fingerprint density at radius 2 is 1.62 bits per heavy atom. The SMILES string of the molecule is CCC(=O)Nc1ccc(C(=O)NNC(=O)/C=C/c2ccc(OC)c(OC)c2)cc1. The Kier molecular flexibility index (Phi) is 7.78. The maximum Gasteiger partial charge on any atom is 0.269 e. The maximum atomic E-state index is 12.1. The molecule has 0 saturated carbocycles. The van der Waals surface area contributed by atoms with Gasteiger partial charge in [-0.3, -0.25) is 25.2 Å². The zero-order valence-electron chi connectivity index (χ0n) is 16.4. The Labute approximate surface area is 168 Å². The summed E-state index contributed by atoms with van der Waals surface area (Å²) in [6.07, 6.45) is 3.23. The molecule has 2 aromatic rings. The molecule has 8 nitrogen and oxygen atoms in total. The highest BCUT2D eigenvalue weighted by Crippen LogP contribution is 2.27. The molecule has 0 radical (unpaired) electrons. The summed E-state index contributed by atoms with van der Waals surface area (Å²) < 4.78 is 10.4. The summed E-state index contributed by atoms with van der Waals surface area (Å²) in [7, 11) is 3.07. The number of benzene rings is 2. The Balaban J connectivity index is 1.89. The molecule has 0 bridgehead atoms. The van der Waals surface area contributed by atoms with Crippen molar-refractivity contribution in [1.29, 1.82) is 0 Å². The second-order valence-electron chi connectivity index (χ2n) is 5.87. The number of anilines is 1. The Bertz CT molecular complexity index is 907. The van der Waals surface area contributed by atoms with Gasteiger partial charge in [-0.1, -0.05) is 13.0 Å². The third-order valence-corrected chi connectivity index (χ3v) is 3.89. The van der Waals surface area contributed by atoms with Crippen LogP contribution in [0, 0.1) is 0 Å². The summed E-state index contributed by atoms with van der Waals surface area (Å²) in [4.78, 5) is 35.4. The van der Waals surface area contributed by atoms with Crippen molar-refractivity contribution in [2.24, 2.45) is 0 Å². The van der Waals surface area contributed by atoms with Crippen LogP contribution in [0.5, 0.6) is 11.5 Å². The first-order valence-corrected chi connectivity index (χ1v) is 8.87. The van der Waals surface area contributed by atoms with Gasteiger partial charge in [-0.15, -0.1) is 0 Å². The number of methoxy groups -OCH3 is 2. The average molecular weight is 397 g/mol. The highest BCUT2D eigenvalue weighted by atomic mass is 16.5. The monoisotopic (exact) mass is 397 g/mol. The van der Waals surface area contributed by atoms with Crippen molar-refractivity contribution in [2.45, 2.75) is 13.3 Å². The molecular formula is C21H23N3O5. The van der Waals surface area contributed by atoms with Crippen LogP contribution in [0.1, 0.15) is 29.3 Å². The van der Waals surface area contributed by atoms with Gasteiger partial charge >= 0.3 is 0 Å². The van der Waals surface area contributed by atoms with Gasteiger partial charge in [0, 0.05) is 23.7 Å². The summed E-state index contributed by atoms with van der Waals surface area (Å²) >= 11 is 0. The van der Waals surface area contributed by atoms with Crippen molar-refractivity contribution >= 4 is 29.5 Å². The summed E-state index contributed by atoms with van der Waals surface area (Å²) in [6, 6.07) is 11.5. The average Bonchev–Trinajstić information content (AvgIpc) is 2.76. The molecule has 8 heteroatoms. The zero-order chi connectivity index (χ0) is 21.2. The van der Waals surface area contributed by atoms with E-state index in [0.29, 0.717) is 29.2 Å². The second kappa shape index (κ2) is 10.5. The highest BCUT2D eigenvalue weighted by Gasteiger charge is 2.07. The van der Waals surface area contributed by atoms with E-state index in [0.717, 1.165) is 5.56 Å². The lowest BCUT2D eigenvalue weighted by Gasteiger charge is -2.08. The fourth-order valence-corrected chi connectivity index (χ4v) is 2.31. The first kappa shape index (κ1) is 21.5. The fraction of sp³-hybridized carbons (Fsp3) is 0.190. The van der Waals surface area contributed by atoms with Gasteiger partial charge in [0.1, 0.15) is 0 Å². The van der Waals surface area contributed by atoms with Crippen molar-refractivity contribution in [3.63, 3.8) is 0 Å². The van der Waals surface area contributed by atoms with Crippen molar-refractivity contribution in [2.75, 3.05) is 19.5 Å². The number of hydrogen-bond acceptors (Lipinski definition) is 5. The third-order valence-electron chi connectivity index (χ3n) is 3.89. The molecule has 0 unspecified atom stereocenters. The number of rotatable bonds is 7. The van der Waals surface area contributed by atoms with Crippen molar-refractivity contribution in [3.8, 4) is 11.5 Å². The normalized spacial score (nSPS) is 10.3. The molecular weight excluding hydrogens is 374 g/mol. The van der Waals surface area contributed by atoms with Crippen molar-refractivity contribution in [3.05, 3.63) is 59.7 Å². The van der Waals surface area contributed by atoms with Crippen LogP contribution < -0.4 is 25.6 Å². The summed E-state index contributed by atoms with van der Waals surface area (Å²) in [5.74, 6) is 0.0329. The summed E-state index contributed by atoms with van der Waals surface area (Å²) in [5, 5.41) is 2.69. The van der Waals surface area contributed by atoms with Crippen LogP contribution in [-0.4, -0.2) is 31.9 Å². The summed E-state index contributed by atoms with van der Waals surface area (Å²) in [5.41, 5.74) is 6.29. The van der Waals surface area contributed by atoms with Crippen molar-refractivity contribution < 1.29 is 23.9 Å². The molecule has 0 atom stereocenters. The van der Waals surface area contributed by atoms with Gasteiger partial charge in [0.15, 0.2) is 11.5 Å². The highest BCUT2D eigenvalue weighted by molar-refractivity contribution is 5.98. The molecule has 2 rings (SSSR count). The van der Waals surface area contributed by atoms with Crippen LogP contribution in [0.25, 0.3) is 6.08 Å². The molecule has 0 fully saturated rings. The molecule has 29 heavy (non-hydrogen) atoms. The minimum Gasteiger partial charge on any atom is -0.493 e. The minimum atomic E-state index is -0.500. The van der Waals surface area contributed by atoms with Gasteiger partial charge in [-0.05, 0) is 48.0 Å². The van der Waals surface area contributed by atoms with Crippen LogP contribution in [0.15, 0.2) is 48.5 Å². The fourth-order valence-electron chi connectivity index (χ4n) is 2.31. The lowest BCUT2D eigenvalue weighted by atomic mass is 10.2. The van der Waals surface area contributed by atoms with Gasteiger partial charge in [-0.25, -0.2) is 0 Å². The quantitative estimate of drug-likeness (QED) is 0.492.